The summed E-state index contributed by atoms with van der Waals surface area (Å²) in [4.78, 5) is 12.8. The summed E-state index contributed by atoms with van der Waals surface area (Å²) < 4.78 is 7.06. The molecule has 9 nitrogen and oxygen atoms in total. The van der Waals surface area contributed by atoms with Crippen molar-refractivity contribution in [3.8, 4) is 0 Å². The topological polar surface area (TPSA) is 126 Å². The van der Waals surface area contributed by atoms with E-state index < -0.39 is 31.1 Å². The zero-order valence-electron chi connectivity index (χ0n) is 15.7. The highest BCUT2D eigenvalue weighted by Gasteiger charge is 2.44. The van der Waals surface area contributed by atoms with Gasteiger partial charge in [0.25, 0.3) is 0 Å². The third-order valence-electron chi connectivity index (χ3n) is 4.95. The Labute approximate surface area is 172 Å². The fourth-order valence-corrected chi connectivity index (χ4v) is 3.70. The van der Waals surface area contributed by atoms with E-state index in [9.17, 15) is 15.3 Å². The maximum atomic E-state index is 10.3. The molecule has 0 saturated carbocycles. The Morgan fingerprint density at radius 3 is 2.66 bits per heavy atom. The molecule has 3 aromatic rings. The van der Waals surface area contributed by atoms with Gasteiger partial charge in [-0.3, -0.25) is 4.57 Å². The lowest BCUT2D eigenvalue weighted by Crippen LogP contribution is -2.33. The molecule has 0 unspecified atom stereocenters. The molecule has 0 spiro atoms. The first-order valence-electron chi connectivity index (χ1n) is 9.31. The summed E-state index contributed by atoms with van der Waals surface area (Å²) >= 11 is 6.13. The molecule has 0 radical (unpaired) electrons. The molecule has 0 amide bonds. The Bertz CT molecular complexity index is 985. The van der Waals surface area contributed by atoms with E-state index in [1.54, 1.807) is 0 Å². The molecule has 1 aromatic carbocycles. The Kier molecular flexibility index (Phi) is 5.66. The van der Waals surface area contributed by atoms with Gasteiger partial charge in [-0.15, -0.1) is 0 Å². The van der Waals surface area contributed by atoms with Gasteiger partial charge in [0.15, 0.2) is 23.2 Å². The quantitative estimate of drug-likeness (QED) is 0.438. The summed E-state index contributed by atoms with van der Waals surface area (Å²) in [6.07, 6.45) is -2.08. The first-order chi connectivity index (χ1) is 14.0. The highest BCUT2D eigenvalue weighted by atomic mass is 35.5. The lowest BCUT2D eigenvalue weighted by molar-refractivity contribution is -0.0511. The van der Waals surface area contributed by atoms with Crippen LogP contribution in [0, 0.1) is 0 Å². The van der Waals surface area contributed by atoms with Crippen LogP contribution in [0.15, 0.2) is 36.7 Å². The number of nitrogens with zero attached hydrogens (tertiary/aromatic N) is 4. The molecule has 4 rings (SSSR count). The Morgan fingerprint density at radius 2 is 1.97 bits per heavy atom. The van der Waals surface area contributed by atoms with Crippen LogP contribution in [-0.2, 0) is 11.2 Å². The van der Waals surface area contributed by atoms with E-state index in [4.69, 9.17) is 16.3 Å². The van der Waals surface area contributed by atoms with E-state index in [0.717, 1.165) is 6.42 Å². The molecule has 2 aromatic heterocycles. The fourth-order valence-electron chi connectivity index (χ4n) is 3.54. The maximum Gasteiger partial charge on any atom is 0.226 e. The number of imidazole rings is 1. The van der Waals surface area contributed by atoms with E-state index in [0.29, 0.717) is 17.0 Å². The summed E-state index contributed by atoms with van der Waals surface area (Å²) in [6.45, 7) is 1.61. The molecule has 29 heavy (non-hydrogen) atoms. The van der Waals surface area contributed by atoms with Crippen molar-refractivity contribution >= 4 is 28.6 Å². The minimum atomic E-state index is -1.24. The van der Waals surface area contributed by atoms with Crippen molar-refractivity contribution < 1.29 is 20.1 Å². The van der Waals surface area contributed by atoms with E-state index >= 15 is 0 Å². The molecule has 4 N–H and O–H groups in total. The van der Waals surface area contributed by atoms with Crippen LogP contribution in [0.2, 0.25) is 5.28 Å². The van der Waals surface area contributed by atoms with Gasteiger partial charge >= 0.3 is 0 Å². The van der Waals surface area contributed by atoms with Crippen LogP contribution in [0.4, 0.5) is 5.82 Å². The number of aliphatic hydroxyl groups is 3. The minimum absolute atomic E-state index is 0.0143. The number of benzene rings is 1. The van der Waals surface area contributed by atoms with Crippen molar-refractivity contribution in [2.45, 2.75) is 43.9 Å². The zero-order valence-corrected chi connectivity index (χ0v) is 16.4. The number of hydrogen-bond donors (Lipinski definition) is 4. The van der Waals surface area contributed by atoms with E-state index in [1.807, 2.05) is 25.1 Å². The maximum absolute atomic E-state index is 10.3. The largest absolute Gasteiger partial charge is 0.394 e. The zero-order chi connectivity index (χ0) is 20.5. The van der Waals surface area contributed by atoms with E-state index in [1.165, 1.54) is 16.5 Å². The monoisotopic (exact) mass is 419 g/mol. The number of halogens is 1. The van der Waals surface area contributed by atoms with Crippen LogP contribution < -0.4 is 5.32 Å². The molecule has 5 atom stereocenters. The van der Waals surface area contributed by atoms with Gasteiger partial charge in [0, 0.05) is 6.04 Å². The van der Waals surface area contributed by atoms with Gasteiger partial charge in [-0.1, -0.05) is 30.3 Å². The van der Waals surface area contributed by atoms with Crippen molar-refractivity contribution in [2.24, 2.45) is 0 Å². The van der Waals surface area contributed by atoms with Gasteiger partial charge in [0.05, 0.1) is 12.9 Å². The molecule has 3 heterocycles. The van der Waals surface area contributed by atoms with E-state index in [2.05, 4.69) is 32.4 Å². The van der Waals surface area contributed by atoms with Crippen molar-refractivity contribution in [3.63, 3.8) is 0 Å². The van der Waals surface area contributed by atoms with E-state index in [-0.39, 0.29) is 11.3 Å². The molecular formula is C19H22ClN5O4. The average Bonchev–Trinajstić information content (AvgIpc) is 3.24. The number of anilines is 1. The van der Waals surface area contributed by atoms with Crippen LogP contribution in [0.25, 0.3) is 11.2 Å². The van der Waals surface area contributed by atoms with Crippen LogP contribution in [0.3, 0.4) is 0 Å². The molecule has 1 fully saturated rings. The number of aromatic nitrogens is 4. The SMILES string of the molecule is C[C@@H](Cc1ccccc1)Nc1nc(Cl)nc2c1ncn2[C@@H]1O[C@H](CO)[C@@H](O)[C@H]1O. The summed E-state index contributed by atoms with van der Waals surface area (Å²) in [7, 11) is 0. The number of fused-ring (bicyclic) bond motifs is 1. The number of ether oxygens (including phenoxy) is 1. The van der Waals surface area contributed by atoms with Gasteiger partial charge in [-0.2, -0.15) is 9.97 Å². The fraction of sp³-hybridized carbons (Fsp3) is 0.421. The molecular weight excluding hydrogens is 398 g/mol. The summed E-state index contributed by atoms with van der Waals surface area (Å²) in [5, 5.41) is 33.0. The second-order valence-corrected chi connectivity index (χ2v) is 7.47. The van der Waals surface area contributed by atoms with Gasteiger partial charge in [-0.05, 0) is 30.5 Å². The van der Waals surface area contributed by atoms with Crippen molar-refractivity contribution in [2.75, 3.05) is 11.9 Å². The lowest BCUT2D eigenvalue weighted by atomic mass is 10.1. The number of rotatable bonds is 6. The highest BCUT2D eigenvalue weighted by molar-refractivity contribution is 6.28. The molecule has 10 heteroatoms. The number of aliphatic hydroxyl groups excluding tert-OH is 3. The van der Waals surface area contributed by atoms with Crippen molar-refractivity contribution in [1.82, 2.24) is 19.5 Å². The predicted molar refractivity (Wildman–Crippen MR) is 107 cm³/mol. The lowest BCUT2D eigenvalue weighted by Gasteiger charge is -2.17. The molecule has 1 aliphatic rings. The third kappa shape index (κ3) is 3.92. The summed E-state index contributed by atoms with van der Waals surface area (Å²) in [6, 6.07) is 10.1. The van der Waals surface area contributed by atoms with Crippen molar-refractivity contribution in [1.29, 1.82) is 0 Å². The first-order valence-corrected chi connectivity index (χ1v) is 9.68. The minimum Gasteiger partial charge on any atom is -0.394 e. The third-order valence-corrected chi connectivity index (χ3v) is 5.12. The summed E-state index contributed by atoms with van der Waals surface area (Å²) in [5.74, 6) is 0.467. The second kappa shape index (κ2) is 8.21. The van der Waals surface area contributed by atoms with Crippen molar-refractivity contribution in [3.05, 3.63) is 47.5 Å². The molecule has 1 aliphatic heterocycles. The number of nitrogens with one attached hydrogen (secondary N) is 1. The molecule has 0 aliphatic carbocycles. The molecule has 0 bridgehead atoms. The predicted octanol–water partition coefficient (Wildman–Crippen LogP) is 1.13. The van der Waals surface area contributed by atoms with Crippen LogP contribution in [0.1, 0.15) is 18.7 Å². The number of hydrogen-bond acceptors (Lipinski definition) is 8. The van der Waals surface area contributed by atoms with Crippen LogP contribution in [-0.4, -0.2) is 65.8 Å². The van der Waals surface area contributed by atoms with Crippen LogP contribution >= 0.6 is 11.6 Å². The van der Waals surface area contributed by atoms with Gasteiger partial charge < -0.3 is 25.4 Å². The van der Waals surface area contributed by atoms with Gasteiger partial charge in [0.2, 0.25) is 5.28 Å². The van der Waals surface area contributed by atoms with Gasteiger partial charge in [0.1, 0.15) is 18.3 Å². The standard InChI is InChI=1S/C19H22ClN5O4/c1-10(7-11-5-3-2-4-6-11)22-16-13-17(24-19(20)23-16)25(9-21-13)18-15(28)14(27)12(8-26)29-18/h2-6,9-10,12,14-15,18,26-28H,7-8H2,1H3,(H,22,23,24)/t10-,12+,14+,15+,18+/m0/s1. The summed E-state index contributed by atoms with van der Waals surface area (Å²) in [5.41, 5.74) is 2.00. The smallest absolute Gasteiger partial charge is 0.226 e. The Balaban J connectivity index is 1.62. The Hall–Kier alpha value is -2.30. The van der Waals surface area contributed by atoms with Gasteiger partial charge in [-0.25, -0.2) is 4.98 Å². The first kappa shape index (κ1) is 20.0. The average molecular weight is 420 g/mol. The molecule has 154 valence electrons. The van der Waals surface area contributed by atoms with Crippen LogP contribution in [0.5, 0.6) is 0 Å². The molecule has 1 saturated heterocycles. The second-order valence-electron chi connectivity index (χ2n) is 7.13. The normalized spacial score (nSPS) is 25.4. The Morgan fingerprint density at radius 1 is 1.21 bits per heavy atom. The highest BCUT2D eigenvalue weighted by Crippen LogP contribution is 2.32.